The molecule has 28 heavy (non-hydrogen) atoms. The molecule has 2 aromatic heterocycles. The molecule has 2 rings (SSSR count). The van der Waals surface area contributed by atoms with Crippen molar-refractivity contribution in [2.24, 2.45) is 12.5 Å². The summed E-state index contributed by atoms with van der Waals surface area (Å²) in [5.74, 6) is 0.518. The van der Waals surface area contributed by atoms with Gasteiger partial charge in [0.2, 0.25) is 5.88 Å². The fourth-order valence-corrected chi connectivity index (χ4v) is 2.16. The van der Waals surface area contributed by atoms with E-state index >= 15 is 0 Å². The van der Waals surface area contributed by atoms with E-state index in [4.69, 9.17) is 4.74 Å². The van der Waals surface area contributed by atoms with Crippen molar-refractivity contribution in [3.8, 4) is 5.88 Å². The molecule has 2 aromatic rings. The van der Waals surface area contributed by atoms with Crippen LogP contribution in [0.1, 0.15) is 62.3 Å². The van der Waals surface area contributed by atoms with Gasteiger partial charge < -0.3 is 9.30 Å². The van der Waals surface area contributed by atoms with Crippen molar-refractivity contribution in [1.29, 1.82) is 0 Å². The smallest absolute Gasteiger partial charge is 0.291 e. The number of aryl methyl sites for hydroxylation is 1. The first kappa shape index (κ1) is 25.7. The zero-order valence-electron chi connectivity index (χ0n) is 19.5. The van der Waals surface area contributed by atoms with Crippen LogP contribution < -0.4 is 10.3 Å². The molecule has 0 radical (unpaired) electrons. The van der Waals surface area contributed by atoms with Crippen LogP contribution in [0.2, 0.25) is 0 Å². The molecular formula is C23H39N3O2. The zero-order chi connectivity index (χ0) is 21.9. The molecule has 0 fully saturated rings. The van der Waals surface area contributed by atoms with Gasteiger partial charge in [-0.05, 0) is 39.2 Å². The minimum Gasteiger partial charge on any atom is -0.476 e. The molecule has 0 aliphatic carbocycles. The number of aromatic nitrogens is 3. The van der Waals surface area contributed by atoms with Crippen LogP contribution in [0.5, 0.6) is 5.88 Å². The standard InChI is InChI=1S/C17H25N3O2.C4H8.C2H6/c1-7-12(2)10-20-9-8-13-14(20)16(21)19(6)18-15(13)22-11-17(3,4)5;1-3-4-2;1-2/h7-9H,10-11H2,1-6H3;3-4H,1-2H3;1-2H3/b12-7-;4-3+;. The number of hydrogen-bond donors (Lipinski definition) is 0. The Balaban J connectivity index is 0.00000108. The molecule has 5 heteroatoms. The van der Waals surface area contributed by atoms with E-state index in [9.17, 15) is 4.79 Å². The van der Waals surface area contributed by atoms with Crippen molar-refractivity contribution in [1.82, 2.24) is 14.3 Å². The van der Waals surface area contributed by atoms with Gasteiger partial charge in [0.15, 0.2) is 0 Å². The highest BCUT2D eigenvalue weighted by molar-refractivity contribution is 5.84. The predicted octanol–water partition coefficient (Wildman–Crippen LogP) is 5.73. The minimum atomic E-state index is -0.105. The van der Waals surface area contributed by atoms with Crippen LogP contribution in [-0.4, -0.2) is 21.0 Å². The van der Waals surface area contributed by atoms with Crippen LogP contribution in [-0.2, 0) is 13.6 Å². The molecule has 0 bridgehead atoms. The molecule has 158 valence electrons. The second-order valence-corrected chi connectivity index (χ2v) is 7.59. The highest BCUT2D eigenvalue weighted by Gasteiger charge is 2.17. The normalized spacial score (nSPS) is 11.7. The number of fused-ring (bicyclic) bond motifs is 1. The van der Waals surface area contributed by atoms with E-state index in [1.165, 1.54) is 10.3 Å². The first-order valence-corrected chi connectivity index (χ1v) is 10.0. The van der Waals surface area contributed by atoms with Crippen LogP contribution in [0.3, 0.4) is 0 Å². The van der Waals surface area contributed by atoms with Gasteiger partial charge in [-0.1, -0.05) is 58.4 Å². The van der Waals surface area contributed by atoms with E-state index in [0.717, 1.165) is 5.39 Å². The first-order chi connectivity index (χ1) is 13.1. The van der Waals surface area contributed by atoms with Crippen molar-refractivity contribution in [2.45, 2.75) is 68.9 Å². The lowest BCUT2D eigenvalue weighted by molar-refractivity contribution is 0.190. The maximum Gasteiger partial charge on any atom is 0.291 e. The van der Waals surface area contributed by atoms with Crippen LogP contribution in [0.4, 0.5) is 0 Å². The van der Waals surface area contributed by atoms with Gasteiger partial charge in [0.25, 0.3) is 5.56 Å². The minimum absolute atomic E-state index is 0.0345. The summed E-state index contributed by atoms with van der Waals surface area (Å²) in [6.45, 7) is 19.6. The van der Waals surface area contributed by atoms with Gasteiger partial charge in [0, 0.05) is 19.8 Å². The maximum atomic E-state index is 12.4. The Kier molecular flexibility index (Phi) is 11.2. The third kappa shape index (κ3) is 7.75. The molecule has 0 saturated carbocycles. The summed E-state index contributed by atoms with van der Waals surface area (Å²) in [7, 11) is 1.66. The second-order valence-electron chi connectivity index (χ2n) is 7.59. The van der Waals surface area contributed by atoms with Gasteiger partial charge in [-0.3, -0.25) is 4.79 Å². The molecule has 0 spiro atoms. The Morgan fingerprint density at radius 3 is 2.21 bits per heavy atom. The number of ether oxygens (including phenoxy) is 1. The van der Waals surface area contributed by atoms with Crippen LogP contribution in [0, 0.1) is 5.41 Å². The van der Waals surface area contributed by atoms with Gasteiger partial charge >= 0.3 is 0 Å². The van der Waals surface area contributed by atoms with Gasteiger partial charge in [-0.15, -0.1) is 5.10 Å². The van der Waals surface area contributed by atoms with Gasteiger partial charge in [0.05, 0.1) is 12.0 Å². The quantitative estimate of drug-likeness (QED) is 0.627. The van der Waals surface area contributed by atoms with Gasteiger partial charge in [-0.25, -0.2) is 4.68 Å². The van der Waals surface area contributed by atoms with E-state index in [1.807, 2.05) is 63.6 Å². The van der Waals surface area contributed by atoms with E-state index < -0.39 is 0 Å². The van der Waals surface area contributed by atoms with E-state index in [0.29, 0.717) is 24.5 Å². The maximum absolute atomic E-state index is 12.4. The molecular weight excluding hydrogens is 350 g/mol. The predicted molar refractivity (Wildman–Crippen MR) is 121 cm³/mol. The molecule has 0 saturated heterocycles. The highest BCUT2D eigenvalue weighted by atomic mass is 16.5. The van der Waals surface area contributed by atoms with Crippen molar-refractivity contribution in [3.63, 3.8) is 0 Å². The van der Waals surface area contributed by atoms with E-state index in [1.54, 1.807) is 7.05 Å². The van der Waals surface area contributed by atoms with Crippen molar-refractivity contribution < 1.29 is 4.74 Å². The average molecular weight is 390 g/mol. The molecule has 0 unspecified atom stereocenters. The Labute approximate surface area is 170 Å². The SMILES string of the molecule is C/C=C(/C)Cn1ccc2c(OCC(C)(C)C)nn(C)c(=O)c21.C/C=C/C.CC. The number of rotatable bonds is 4. The Bertz CT molecular complexity index is 830. The lowest BCUT2D eigenvalue weighted by Gasteiger charge is -2.19. The van der Waals surface area contributed by atoms with E-state index in [-0.39, 0.29) is 11.0 Å². The summed E-state index contributed by atoms with van der Waals surface area (Å²) in [6.07, 6.45) is 7.97. The fourth-order valence-electron chi connectivity index (χ4n) is 2.16. The van der Waals surface area contributed by atoms with Crippen LogP contribution >= 0.6 is 0 Å². The number of hydrogen-bond acceptors (Lipinski definition) is 3. The van der Waals surface area contributed by atoms with Crippen molar-refractivity contribution in [3.05, 3.63) is 46.4 Å². The summed E-state index contributed by atoms with van der Waals surface area (Å²) < 4.78 is 9.17. The average Bonchev–Trinajstić information content (AvgIpc) is 3.08. The third-order valence-corrected chi connectivity index (χ3v) is 3.82. The molecule has 0 N–H and O–H groups in total. The lowest BCUT2D eigenvalue weighted by atomic mass is 9.99. The molecule has 2 heterocycles. The molecule has 0 aliphatic rings. The van der Waals surface area contributed by atoms with Gasteiger partial charge in [0.1, 0.15) is 5.52 Å². The highest BCUT2D eigenvalue weighted by Crippen LogP contribution is 2.24. The summed E-state index contributed by atoms with van der Waals surface area (Å²) in [6, 6.07) is 1.91. The topological polar surface area (TPSA) is 49.0 Å². The molecule has 0 atom stereocenters. The van der Waals surface area contributed by atoms with E-state index in [2.05, 4.69) is 38.9 Å². The Morgan fingerprint density at radius 1 is 1.18 bits per heavy atom. The molecule has 0 amide bonds. The largest absolute Gasteiger partial charge is 0.476 e. The summed E-state index contributed by atoms with van der Waals surface area (Å²) >= 11 is 0. The third-order valence-electron chi connectivity index (χ3n) is 3.82. The first-order valence-electron chi connectivity index (χ1n) is 10.0. The Hall–Kier alpha value is -2.30. The van der Waals surface area contributed by atoms with Crippen molar-refractivity contribution >= 4 is 10.9 Å². The molecule has 0 aromatic carbocycles. The number of nitrogens with zero attached hydrogens (tertiary/aromatic N) is 3. The van der Waals surface area contributed by atoms with Gasteiger partial charge in [-0.2, -0.15) is 0 Å². The summed E-state index contributed by atoms with van der Waals surface area (Å²) in [5.41, 5.74) is 1.77. The lowest BCUT2D eigenvalue weighted by Crippen LogP contribution is -2.24. The van der Waals surface area contributed by atoms with Crippen LogP contribution in [0.15, 0.2) is 40.9 Å². The monoisotopic (exact) mass is 389 g/mol. The fraction of sp³-hybridized carbons (Fsp3) is 0.565. The zero-order valence-corrected chi connectivity index (χ0v) is 19.5. The summed E-state index contributed by atoms with van der Waals surface area (Å²) in [5, 5.41) is 5.04. The Morgan fingerprint density at radius 2 is 1.75 bits per heavy atom. The van der Waals surface area contributed by atoms with Crippen LogP contribution in [0.25, 0.3) is 10.9 Å². The van der Waals surface area contributed by atoms with Crippen molar-refractivity contribution in [2.75, 3.05) is 6.61 Å². The number of allylic oxidation sites excluding steroid dienone is 4. The molecule has 0 aliphatic heterocycles. The molecule has 5 nitrogen and oxygen atoms in total. The second kappa shape index (κ2) is 12.2. The summed E-state index contributed by atoms with van der Waals surface area (Å²) in [4.78, 5) is 12.4.